The van der Waals surface area contributed by atoms with Crippen LogP contribution in [0.3, 0.4) is 0 Å². The summed E-state index contributed by atoms with van der Waals surface area (Å²) < 4.78 is 0. The first-order chi connectivity index (χ1) is 8.62. The number of hydrogen-bond acceptors (Lipinski definition) is 3. The Morgan fingerprint density at radius 2 is 1.72 bits per heavy atom. The highest BCUT2D eigenvalue weighted by Crippen LogP contribution is 2.15. The first kappa shape index (κ1) is 13.2. The molecule has 1 fully saturated rings. The lowest BCUT2D eigenvalue weighted by atomic mass is 10.0. The Morgan fingerprint density at radius 1 is 1.11 bits per heavy atom. The van der Waals surface area contributed by atoms with Gasteiger partial charge < -0.3 is 4.79 Å². The predicted molar refractivity (Wildman–Crippen MR) is 73.4 cm³/mol. The molecule has 0 aliphatic carbocycles. The van der Waals surface area contributed by atoms with Gasteiger partial charge in [0, 0.05) is 32.7 Å². The minimum atomic E-state index is -0.321. The third kappa shape index (κ3) is 3.18. The zero-order valence-corrected chi connectivity index (χ0v) is 11.3. The van der Waals surface area contributed by atoms with E-state index in [1.807, 2.05) is 19.9 Å². The van der Waals surface area contributed by atoms with E-state index < -0.39 is 0 Å². The van der Waals surface area contributed by atoms with Crippen LogP contribution in [0.1, 0.15) is 19.4 Å². The van der Waals surface area contributed by atoms with Gasteiger partial charge in [0.1, 0.15) is 6.29 Å². The molecule has 98 valence electrons. The Balaban J connectivity index is 1.86. The molecular formula is C15H22N2O. The van der Waals surface area contributed by atoms with Gasteiger partial charge in [-0.3, -0.25) is 9.80 Å². The van der Waals surface area contributed by atoms with E-state index >= 15 is 0 Å². The number of carbonyl (C=O) groups is 1. The molecule has 3 nitrogen and oxygen atoms in total. The van der Waals surface area contributed by atoms with Crippen molar-refractivity contribution >= 4 is 6.29 Å². The summed E-state index contributed by atoms with van der Waals surface area (Å²) in [5.74, 6) is 0. The number of carbonyl (C=O) groups excluding carboxylic acids is 1. The van der Waals surface area contributed by atoms with Crippen LogP contribution in [0.5, 0.6) is 0 Å². The van der Waals surface area contributed by atoms with E-state index in [4.69, 9.17) is 0 Å². The number of aldehydes is 1. The molecule has 0 bridgehead atoms. The summed E-state index contributed by atoms with van der Waals surface area (Å²) in [5, 5.41) is 0. The van der Waals surface area contributed by atoms with Crippen molar-refractivity contribution in [3.8, 4) is 0 Å². The molecular weight excluding hydrogens is 224 g/mol. The molecule has 0 saturated carbocycles. The van der Waals surface area contributed by atoms with Gasteiger partial charge in [0.15, 0.2) is 0 Å². The standard InChI is InChI=1S/C15H22N2O/c1-15(2,13-18)17-10-8-16(9-11-17)12-14-6-4-3-5-7-14/h3-7,13H,8-12H2,1-2H3. The molecule has 0 spiro atoms. The number of rotatable bonds is 4. The molecule has 1 aliphatic rings. The van der Waals surface area contributed by atoms with Gasteiger partial charge in [-0.25, -0.2) is 0 Å². The molecule has 1 aromatic rings. The summed E-state index contributed by atoms with van der Waals surface area (Å²) in [6, 6.07) is 10.6. The Labute approximate surface area is 109 Å². The fraction of sp³-hybridized carbons (Fsp3) is 0.533. The first-order valence-corrected chi connectivity index (χ1v) is 6.59. The fourth-order valence-corrected chi connectivity index (χ4v) is 2.40. The van der Waals surface area contributed by atoms with Crippen molar-refractivity contribution in [3.05, 3.63) is 35.9 Å². The highest BCUT2D eigenvalue weighted by molar-refractivity contribution is 5.62. The average Bonchev–Trinajstić information content (AvgIpc) is 2.40. The van der Waals surface area contributed by atoms with Gasteiger partial charge in [0.05, 0.1) is 5.54 Å². The molecule has 1 aliphatic heterocycles. The minimum absolute atomic E-state index is 0.321. The van der Waals surface area contributed by atoms with Crippen LogP contribution >= 0.6 is 0 Å². The van der Waals surface area contributed by atoms with Crippen molar-refractivity contribution in [1.82, 2.24) is 9.80 Å². The fourth-order valence-electron chi connectivity index (χ4n) is 2.40. The van der Waals surface area contributed by atoms with Crippen LogP contribution in [0.25, 0.3) is 0 Å². The molecule has 1 heterocycles. The number of hydrogen-bond donors (Lipinski definition) is 0. The molecule has 2 rings (SSSR count). The molecule has 0 aromatic heterocycles. The SMILES string of the molecule is CC(C)(C=O)N1CCN(Cc2ccccc2)CC1. The Morgan fingerprint density at radius 3 is 2.28 bits per heavy atom. The molecule has 18 heavy (non-hydrogen) atoms. The van der Waals surface area contributed by atoms with Gasteiger partial charge in [-0.05, 0) is 19.4 Å². The van der Waals surface area contributed by atoms with Crippen molar-refractivity contribution in [1.29, 1.82) is 0 Å². The predicted octanol–water partition coefficient (Wildman–Crippen LogP) is 1.78. The molecule has 0 atom stereocenters. The Kier molecular flexibility index (Phi) is 4.15. The largest absolute Gasteiger partial charge is 0.301 e. The van der Waals surface area contributed by atoms with Crippen LogP contribution in [0, 0.1) is 0 Å². The van der Waals surface area contributed by atoms with Crippen molar-refractivity contribution in [2.75, 3.05) is 26.2 Å². The van der Waals surface area contributed by atoms with Gasteiger partial charge in [-0.2, -0.15) is 0 Å². The second kappa shape index (κ2) is 5.63. The number of piperazine rings is 1. The summed E-state index contributed by atoms with van der Waals surface area (Å²) in [6.45, 7) is 9.01. The molecule has 0 unspecified atom stereocenters. The highest BCUT2D eigenvalue weighted by Gasteiger charge is 2.29. The van der Waals surface area contributed by atoms with Gasteiger partial charge in [-0.15, -0.1) is 0 Å². The van der Waals surface area contributed by atoms with Crippen molar-refractivity contribution in [2.45, 2.75) is 25.9 Å². The van der Waals surface area contributed by atoms with Crippen LogP contribution in [0.2, 0.25) is 0 Å². The second-order valence-electron chi connectivity index (χ2n) is 5.52. The lowest BCUT2D eigenvalue weighted by Crippen LogP contribution is -2.55. The summed E-state index contributed by atoms with van der Waals surface area (Å²) >= 11 is 0. The van der Waals surface area contributed by atoms with Crippen molar-refractivity contribution in [3.63, 3.8) is 0 Å². The number of nitrogens with zero attached hydrogens (tertiary/aromatic N) is 2. The van der Waals surface area contributed by atoms with Crippen LogP contribution < -0.4 is 0 Å². The van der Waals surface area contributed by atoms with E-state index in [0.29, 0.717) is 0 Å². The Bertz CT molecular complexity index is 381. The number of benzene rings is 1. The highest BCUT2D eigenvalue weighted by atomic mass is 16.1. The summed E-state index contributed by atoms with van der Waals surface area (Å²) in [4.78, 5) is 15.8. The zero-order valence-electron chi connectivity index (χ0n) is 11.3. The van der Waals surface area contributed by atoms with Gasteiger partial charge in [0.25, 0.3) is 0 Å². The zero-order chi connectivity index (χ0) is 13.0. The van der Waals surface area contributed by atoms with E-state index in [1.54, 1.807) is 0 Å². The summed E-state index contributed by atoms with van der Waals surface area (Å²) in [7, 11) is 0. The van der Waals surface area contributed by atoms with E-state index in [2.05, 4.69) is 34.1 Å². The first-order valence-electron chi connectivity index (χ1n) is 6.59. The summed E-state index contributed by atoms with van der Waals surface area (Å²) in [5.41, 5.74) is 1.04. The van der Waals surface area contributed by atoms with Gasteiger partial charge in [0.2, 0.25) is 0 Å². The molecule has 1 saturated heterocycles. The minimum Gasteiger partial charge on any atom is -0.301 e. The maximum absolute atomic E-state index is 11.0. The van der Waals surface area contributed by atoms with Crippen molar-refractivity contribution in [2.24, 2.45) is 0 Å². The lowest BCUT2D eigenvalue weighted by molar-refractivity contribution is -0.118. The van der Waals surface area contributed by atoms with E-state index in [0.717, 1.165) is 39.0 Å². The monoisotopic (exact) mass is 246 g/mol. The van der Waals surface area contributed by atoms with Crippen molar-refractivity contribution < 1.29 is 4.79 Å². The van der Waals surface area contributed by atoms with E-state index in [9.17, 15) is 4.79 Å². The van der Waals surface area contributed by atoms with E-state index in [1.165, 1.54) is 5.56 Å². The van der Waals surface area contributed by atoms with Crippen LogP contribution in [-0.4, -0.2) is 47.8 Å². The topological polar surface area (TPSA) is 23.6 Å². The maximum Gasteiger partial charge on any atom is 0.139 e. The molecule has 0 radical (unpaired) electrons. The lowest BCUT2D eigenvalue weighted by Gasteiger charge is -2.41. The maximum atomic E-state index is 11.0. The second-order valence-corrected chi connectivity index (χ2v) is 5.52. The van der Waals surface area contributed by atoms with Gasteiger partial charge in [-0.1, -0.05) is 30.3 Å². The average molecular weight is 246 g/mol. The molecule has 3 heteroatoms. The van der Waals surface area contributed by atoms with Gasteiger partial charge >= 0.3 is 0 Å². The quantitative estimate of drug-likeness (QED) is 0.757. The Hall–Kier alpha value is -1.19. The van der Waals surface area contributed by atoms with Crippen LogP contribution in [0.4, 0.5) is 0 Å². The normalized spacial score (nSPS) is 18.8. The smallest absolute Gasteiger partial charge is 0.139 e. The third-order valence-electron chi connectivity index (χ3n) is 3.72. The van der Waals surface area contributed by atoms with Crippen LogP contribution in [-0.2, 0) is 11.3 Å². The van der Waals surface area contributed by atoms with Crippen LogP contribution in [0.15, 0.2) is 30.3 Å². The third-order valence-corrected chi connectivity index (χ3v) is 3.72. The van der Waals surface area contributed by atoms with E-state index in [-0.39, 0.29) is 5.54 Å². The molecule has 0 N–H and O–H groups in total. The molecule has 1 aromatic carbocycles. The summed E-state index contributed by atoms with van der Waals surface area (Å²) in [6.07, 6.45) is 1.06. The molecule has 0 amide bonds.